The molecule has 0 radical (unpaired) electrons. The topological polar surface area (TPSA) is 58.6 Å². The van der Waals surface area contributed by atoms with Gasteiger partial charge in [-0.05, 0) is 32.9 Å². The summed E-state index contributed by atoms with van der Waals surface area (Å²) in [5, 5.41) is 3.66. The van der Waals surface area contributed by atoms with Crippen LogP contribution in [0.3, 0.4) is 0 Å². The van der Waals surface area contributed by atoms with Crippen molar-refractivity contribution >= 4 is 21.6 Å². The molecule has 3 unspecified atom stereocenters. The summed E-state index contributed by atoms with van der Waals surface area (Å²) in [4.78, 5) is 0.259. The lowest BCUT2D eigenvalue weighted by Crippen LogP contribution is -2.57. The summed E-state index contributed by atoms with van der Waals surface area (Å²) in [5.74, 6) is 0.620. The highest BCUT2D eigenvalue weighted by atomic mass is 35.5. The van der Waals surface area contributed by atoms with Crippen molar-refractivity contribution in [2.45, 2.75) is 50.3 Å². The molecule has 122 valence electrons. The van der Waals surface area contributed by atoms with E-state index in [0.717, 1.165) is 5.56 Å². The molecule has 0 spiro atoms. The van der Waals surface area contributed by atoms with Crippen LogP contribution in [0.1, 0.15) is 26.3 Å². The number of nitrogens with one attached hydrogen (secondary N) is 1. The van der Waals surface area contributed by atoms with Gasteiger partial charge in [-0.3, -0.25) is 0 Å². The number of rotatable bonds is 2. The summed E-state index contributed by atoms with van der Waals surface area (Å²) < 4.78 is 33.2. The molecule has 3 rings (SSSR count). The average molecular weight is 345 g/mol. The zero-order valence-electron chi connectivity index (χ0n) is 13.0. The minimum atomic E-state index is -3.55. The molecule has 1 aromatic rings. The molecule has 0 aromatic heterocycles. The first-order chi connectivity index (χ1) is 10.3. The molecule has 0 amide bonds. The summed E-state index contributed by atoms with van der Waals surface area (Å²) >= 11 is 6.23. The van der Waals surface area contributed by atoms with Crippen LogP contribution in [0, 0.1) is 0 Å². The van der Waals surface area contributed by atoms with Crippen molar-refractivity contribution in [3.05, 3.63) is 22.7 Å². The number of benzene rings is 1. The lowest BCUT2D eigenvalue weighted by Gasteiger charge is -2.37. The molecule has 7 heteroatoms. The van der Waals surface area contributed by atoms with Crippen LogP contribution in [-0.4, -0.2) is 44.0 Å². The lowest BCUT2D eigenvalue weighted by atomic mass is 10.1. The molecular formula is C15H21ClN2O3S. The highest BCUT2D eigenvalue weighted by Crippen LogP contribution is 2.38. The Morgan fingerprint density at radius 3 is 2.77 bits per heavy atom. The number of sulfonamides is 1. The largest absolute Gasteiger partial charge is 0.489 e. The Morgan fingerprint density at radius 1 is 1.32 bits per heavy atom. The van der Waals surface area contributed by atoms with Gasteiger partial charge in [-0.15, -0.1) is 0 Å². The van der Waals surface area contributed by atoms with Crippen LogP contribution in [0.5, 0.6) is 5.75 Å². The van der Waals surface area contributed by atoms with Crippen molar-refractivity contribution in [1.82, 2.24) is 9.62 Å². The number of nitrogens with zero attached hydrogens (tertiary/aromatic N) is 1. The predicted octanol–water partition coefficient (Wildman–Crippen LogP) is 2.03. The zero-order chi connectivity index (χ0) is 16.1. The minimum Gasteiger partial charge on any atom is -0.489 e. The quantitative estimate of drug-likeness (QED) is 0.892. The van der Waals surface area contributed by atoms with Crippen LogP contribution in [0.2, 0.25) is 5.02 Å². The van der Waals surface area contributed by atoms with E-state index >= 15 is 0 Å². The Morgan fingerprint density at radius 2 is 2.05 bits per heavy atom. The van der Waals surface area contributed by atoms with E-state index in [-0.39, 0.29) is 23.1 Å². The van der Waals surface area contributed by atoms with Crippen molar-refractivity contribution in [2.24, 2.45) is 0 Å². The molecule has 0 bridgehead atoms. The molecule has 0 aliphatic carbocycles. The highest BCUT2D eigenvalue weighted by molar-refractivity contribution is 7.89. The molecule has 0 saturated carbocycles. The second kappa shape index (κ2) is 5.67. The van der Waals surface area contributed by atoms with E-state index in [9.17, 15) is 8.42 Å². The Hall–Kier alpha value is -0.820. The van der Waals surface area contributed by atoms with E-state index in [0.29, 0.717) is 30.3 Å². The SMILES string of the molecule is CC1Cc2cc(S(=O)(=O)N3CCNC(C)C3C)cc(Cl)c2O1. The summed E-state index contributed by atoms with van der Waals surface area (Å²) in [5.41, 5.74) is 0.870. The van der Waals surface area contributed by atoms with Crippen LogP contribution < -0.4 is 10.1 Å². The van der Waals surface area contributed by atoms with Crippen LogP contribution in [0.4, 0.5) is 0 Å². The smallest absolute Gasteiger partial charge is 0.243 e. The molecule has 1 saturated heterocycles. The summed E-state index contributed by atoms with van der Waals surface area (Å²) in [6.45, 7) is 7.00. The third kappa shape index (κ3) is 2.62. The maximum atomic E-state index is 13.0. The van der Waals surface area contributed by atoms with Gasteiger partial charge in [0, 0.05) is 37.2 Å². The van der Waals surface area contributed by atoms with Crippen molar-refractivity contribution in [3.8, 4) is 5.75 Å². The van der Waals surface area contributed by atoms with Gasteiger partial charge in [0.15, 0.2) is 0 Å². The third-order valence-electron chi connectivity index (χ3n) is 4.50. The molecule has 22 heavy (non-hydrogen) atoms. The molecule has 5 nitrogen and oxygen atoms in total. The summed E-state index contributed by atoms with van der Waals surface area (Å²) in [7, 11) is -3.55. The van der Waals surface area contributed by atoms with Gasteiger partial charge in [-0.2, -0.15) is 4.31 Å². The van der Waals surface area contributed by atoms with Crippen molar-refractivity contribution in [2.75, 3.05) is 13.1 Å². The van der Waals surface area contributed by atoms with E-state index in [4.69, 9.17) is 16.3 Å². The molecule has 2 aliphatic rings. The second-order valence-electron chi connectivity index (χ2n) is 6.13. The normalized spacial score (nSPS) is 29.2. The van der Waals surface area contributed by atoms with Crippen LogP contribution >= 0.6 is 11.6 Å². The molecule has 1 fully saturated rings. The Balaban J connectivity index is 2.00. The predicted molar refractivity (Wildman–Crippen MR) is 86.1 cm³/mol. The number of halogens is 1. The Labute approximate surface area is 136 Å². The number of piperazine rings is 1. The standard InChI is InChI=1S/C15H21ClN2O3S/c1-9-6-12-7-13(8-14(16)15(12)21-9)22(19,20)18-5-4-17-10(2)11(18)3/h7-11,17H,4-6H2,1-3H3. The Bertz CT molecular complexity index is 692. The maximum Gasteiger partial charge on any atom is 0.243 e. The molecule has 2 aliphatic heterocycles. The van der Waals surface area contributed by atoms with Crippen LogP contribution in [0.15, 0.2) is 17.0 Å². The van der Waals surface area contributed by atoms with E-state index < -0.39 is 10.0 Å². The average Bonchev–Trinajstić information content (AvgIpc) is 2.82. The van der Waals surface area contributed by atoms with Crippen molar-refractivity contribution < 1.29 is 13.2 Å². The Kier molecular flexibility index (Phi) is 4.14. The minimum absolute atomic E-state index is 0.0311. The van der Waals surface area contributed by atoms with Gasteiger partial charge in [-0.25, -0.2) is 8.42 Å². The summed E-state index contributed by atoms with van der Waals surface area (Å²) in [6, 6.07) is 3.24. The molecule has 1 aromatic carbocycles. The first-order valence-electron chi connectivity index (χ1n) is 7.55. The van der Waals surface area contributed by atoms with E-state index in [1.54, 1.807) is 10.4 Å². The van der Waals surface area contributed by atoms with E-state index in [2.05, 4.69) is 5.32 Å². The van der Waals surface area contributed by atoms with Crippen molar-refractivity contribution in [1.29, 1.82) is 0 Å². The van der Waals surface area contributed by atoms with E-state index in [1.807, 2.05) is 20.8 Å². The van der Waals surface area contributed by atoms with Gasteiger partial charge in [0.05, 0.1) is 9.92 Å². The molecule has 1 N–H and O–H groups in total. The fraction of sp³-hybridized carbons (Fsp3) is 0.600. The number of hydrogen-bond acceptors (Lipinski definition) is 4. The molecule has 3 atom stereocenters. The van der Waals surface area contributed by atoms with Gasteiger partial charge in [0.25, 0.3) is 0 Å². The van der Waals surface area contributed by atoms with Crippen molar-refractivity contribution in [3.63, 3.8) is 0 Å². The van der Waals surface area contributed by atoms with Gasteiger partial charge in [0.1, 0.15) is 11.9 Å². The lowest BCUT2D eigenvalue weighted by molar-refractivity contribution is 0.233. The number of ether oxygens (including phenoxy) is 1. The first kappa shape index (κ1) is 16.1. The van der Waals surface area contributed by atoms with Gasteiger partial charge in [0.2, 0.25) is 10.0 Å². The maximum absolute atomic E-state index is 13.0. The first-order valence-corrected chi connectivity index (χ1v) is 9.37. The second-order valence-corrected chi connectivity index (χ2v) is 8.42. The zero-order valence-corrected chi connectivity index (χ0v) is 14.5. The van der Waals surface area contributed by atoms with Gasteiger partial charge < -0.3 is 10.1 Å². The number of fused-ring (bicyclic) bond motifs is 1. The highest BCUT2D eigenvalue weighted by Gasteiger charge is 2.35. The van der Waals surface area contributed by atoms with Crippen LogP contribution in [0.25, 0.3) is 0 Å². The fourth-order valence-electron chi connectivity index (χ4n) is 3.11. The summed E-state index contributed by atoms with van der Waals surface area (Å²) in [6.07, 6.45) is 0.718. The number of hydrogen-bond donors (Lipinski definition) is 1. The van der Waals surface area contributed by atoms with Gasteiger partial charge >= 0.3 is 0 Å². The fourth-order valence-corrected chi connectivity index (χ4v) is 5.24. The third-order valence-corrected chi connectivity index (χ3v) is 6.75. The van der Waals surface area contributed by atoms with Gasteiger partial charge in [-0.1, -0.05) is 11.6 Å². The molecular weight excluding hydrogens is 324 g/mol. The van der Waals surface area contributed by atoms with E-state index in [1.165, 1.54) is 6.07 Å². The van der Waals surface area contributed by atoms with Crippen LogP contribution in [-0.2, 0) is 16.4 Å². The monoisotopic (exact) mass is 344 g/mol. The molecule has 2 heterocycles.